The Morgan fingerprint density at radius 3 is 2.57 bits per heavy atom. The van der Waals surface area contributed by atoms with E-state index >= 15 is 0 Å². The zero-order chi connectivity index (χ0) is 9.97. The molecule has 75 valence electrons. The van der Waals surface area contributed by atoms with E-state index in [1.165, 1.54) is 11.1 Å². The van der Waals surface area contributed by atoms with Crippen LogP contribution >= 0.6 is 0 Å². The van der Waals surface area contributed by atoms with Gasteiger partial charge < -0.3 is 9.47 Å². The van der Waals surface area contributed by atoms with Crippen molar-refractivity contribution in [3.8, 4) is 11.5 Å². The molecule has 2 rings (SSSR count). The molecular weight excluding hydrogens is 176 g/mol. The first-order chi connectivity index (χ1) is 6.85. The van der Waals surface area contributed by atoms with Crippen LogP contribution in [0.1, 0.15) is 31.4 Å². The summed E-state index contributed by atoms with van der Waals surface area (Å²) in [5.41, 5.74) is 2.61. The van der Waals surface area contributed by atoms with Crippen LogP contribution in [0, 0.1) is 6.42 Å². The molecule has 1 heterocycles. The Labute approximate surface area is 84.8 Å². The van der Waals surface area contributed by atoms with Gasteiger partial charge in [0.15, 0.2) is 11.5 Å². The molecule has 1 aliphatic heterocycles. The minimum atomic E-state index is 0.355. The molecule has 0 unspecified atom stereocenters. The summed E-state index contributed by atoms with van der Waals surface area (Å²) < 4.78 is 10.7. The molecule has 0 saturated heterocycles. The molecule has 0 aromatic heterocycles. The SMILES string of the molecule is CC[CH]c1cc2c(cc1CC)OCO2. The van der Waals surface area contributed by atoms with E-state index in [0.29, 0.717) is 6.79 Å². The molecule has 1 radical (unpaired) electrons. The van der Waals surface area contributed by atoms with Crippen molar-refractivity contribution in [3.05, 3.63) is 29.7 Å². The normalized spacial score (nSPS) is 13.3. The van der Waals surface area contributed by atoms with E-state index < -0.39 is 0 Å². The van der Waals surface area contributed by atoms with E-state index in [1.807, 2.05) is 0 Å². The first-order valence-electron chi connectivity index (χ1n) is 5.10. The van der Waals surface area contributed by atoms with E-state index in [1.54, 1.807) is 0 Å². The van der Waals surface area contributed by atoms with Crippen molar-refractivity contribution in [2.45, 2.75) is 26.7 Å². The van der Waals surface area contributed by atoms with E-state index in [-0.39, 0.29) is 0 Å². The van der Waals surface area contributed by atoms with Crippen molar-refractivity contribution in [2.24, 2.45) is 0 Å². The van der Waals surface area contributed by atoms with Crippen molar-refractivity contribution < 1.29 is 9.47 Å². The average molecular weight is 191 g/mol. The van der Waals surface area contributed by atoms with E-state index in [4.69, 9.17) is 9.47 Å². The lowest BCUT2D eigenvalue weighted by Crippen LogP contribution is -1.92. The number of benzene rings is 1. The predicted octanol–water partition coefficient (Wildman–Crippen LogP) is 2.94. The first kappa shape index (κ1) is 9.38. The number of aryl methyl sites for hydroxylation is 1. The fourth-order valence-electron chi connectivity index (χ4n) is 1.72. The van der Waals surface area contributed by atoms with E-state index in [2.05, 4.69) is 32.4 Å². The first-order valence-corrected chi connectivity index (χ1v) is 5.10. The number of rotatable bonds is 3. The summed E-state index contributed by atoms with van der Waals surface area (Å²) in [5, 5.41) is 0. The fourth-order valence-corrected chi connectivity index (χ4v) is 1.72. The molecule has 0 bridgehead atoms. The van der Waals surface area contributed by atoms with Crippen molar-refractivity contribution >= 4 is 0 Å². The van der Waals surface area contributed by atoms with Crippen molar-refractivity contribution in [1.29, 1.82) is 0 Å². The summed E-state index contributed by atoms with van der Waals surface area (Å²) in [6, 6.07) is 4.16. The Hall–Kier alpha value is -1.18. The smallest absolute Gasteiger partial charge is 0.231 e. The van der Waals surface area contributed by atoms with Gasteiger partial charge in [0.2, 0.25) is 6.79 Å². The van der Waals surface area contributed by atoms with Gasteiger partial charge in [-0.15, -0.1) is 0 Å². The van der Waals surface area contributed by atoms with Crippen LogP contribution in [-0.4, -0.2) is 6.79 Å². The van der Waals surface area contributed by atoms with E-state index in [9.17, 15) is 0 Å². The standard InChI is InChI=1S/C12H15O2/c1-3-5-10-7-12-11(13-8-14-12)6-9(10)4-2/h5-7H,3-4,8H2,1-2H3. The number of hydrogen-bond donors (Lipinski definition) is 0. The maximum atomic E-state index is 5.34. The molecule has 0 spiro atoms. The lowest BCUT2D eigenvalue weighted by molar-refractivity contribution is 0.174. The second-order valence-electron chi connectivity index (χ2n) is 3.37. The van der Waals surface area contributed by atoms with Crippen LogP contribution in [-0.2, 0) is 6.42 Å². The number of ether oxygens (including phenoxy) is 2. The minimum absolute atomic E-state index is 0.355. The summed E-state index contributed by atoms with van der Waals surface area (Å²) >= 11 is 0. The van der Waals surface area contributed by atoms with Crippen LogP contribution in [0.3, 0.4) is 0 Å². The van der Waals surface area contributed by atoms with Gasteiger partial charge in [0.05, 0.1) is 0 Å². The van der Waals surface area contributed by atoms with E-state index in [0.717, 1.165) is 24.3 Å². The lowest BCUT2D eigenvalue weighted by Gasteiger charge is -2.07. The molecule has 0 aliphatic carbocycles. The Morgan fingerprint density at radius 2 is 1.93 bits per heavy atom. The highest BCUT2D eigenvalue weighted by Gasteiger charge is 2.15. The largest absolute Gasteiger partial charge is 0.454 e. The molecule has 0 amide bonds. The molecule has 1 aromatic carbocycles. The van der Waals surface area contributed by atoms with Gasteiger partial charge in [0.1, 0.15) is 0 Å². The zero-order valence-corrected chi connectivity index (χ0v) is 8.67. The van der Waals surface area contributed by atoms with Crippen molar-refractivity contribution in [1.82, 2.24) is 0 Å². The summed E-state index contributed by atoms with van der Waals surface area (Å²) in [7, 11) is 0. The Morgan fingerprint density at radius 1 is 1.21 bits per heavy atom. The molecule has 1 aliphatic rings. The molecule has 0 atom stereocenters. The Kier molecular flexibility index (Phi) is 2.62. The number of fused-ring (bicyclic) bond motifs is 1. The van der Waals surface area contributed by atoms with Gasteiger partial charge in [0, 0.05) is 0 Å². The van der Waals surface area contributed by atoms with Gasteiger partial charge in [-0.3, -0.25) is 0 Å². The molecule has 2 nitrogen and oxygen atoms in total. The topological polar surface area (TPSA) is 18.5 Å². The third kappa shape index (κ3) is 1.57. The summed E-state index contributed by atoms with van der Waals surface area (Å²) in [6.07, 6.45) is 4.30. The maximum Gasteiger partial charge on any atom is 0.231 e. The van der Waals surface area contributed by atoms with Crippen LogP contribution in [0.2, 0.25) is 0 Å². The van der Waals surface area contributed by atoms with Crippen LogP contribution in [0.25, 0.3) is 0 Å². The molecule has 1 aromatic rings. The summed E-state index contributed by atoms with van der Waals surface area (Å²) in [4.78, 5) is 0. The van der Waals surface area contributed by atoms with Gasteiger partial charge >= 0.3 is 0 Å². The zero-order valence-electron chi connectivity index (χ0n) is 8.67. The molecule has 0 saturated carbocycles. The number of hydrogen-bond acceptors (Lipinski definition) is 2. The second kappa shape index (κ2) is 3.91. The quantitative estimate of drug-likeness (QED) is 0.731. The predicted molar refractivity (Wildman–Crippen MR) is 55.6 cm³/mol. The van der Waals surface area contributed by atoms with Gasteiger partial charge in [-0.05, 0) is 42.5 Å². The van der Waals surface area contributed by atoms with Crippen LogP contribution in [0.15, 0.2) is 12.1 Å². The highest BCUT2D eigenvalue weighted by Crippen LogP contribution is 2.35. The summed E-state index contributed by atoms with van der Waals surface area (Å²) in [6.45, 7) is 4.66. The molecular formula is C12H15O2. The molecule has 14 heavy (non-hydrogen) atoms. The van der Waals surface area contributed by atoms with Crippen molar-refractivity contribution in [2.75, 3.05) is 6.79 Å². The van der Waals surface area contributed by atoms with Gasteiger partial charge in [-0.1, -0.05) is 13.8 Å². The minimum Gasteiger partial charge on any atom is -0.454 e. The third-order valence-electron chi connectivity index (χ3n) is 2.44. The van der Waals surface area contributed by atoms with Crippen LogP contribution in [0.5, 0.6) is 11.5 Å². The third-order valence-corrected chi connectivity index (χ3v) is 2.44. The fraction of sp³-hybridized carbons (Fsp3) is 0.417. The Balaban J connectivity index is 2.38. The van der Waals surface area contributed by atoms with Crippen LogP contribution < -0.4 is 9.47 Å². The maximum absolute atomic E-state index is 5.34. The highest BCUT2D eigenvalue weighted by molar-refractivity contribution is 5.50. The molecule has 2 heteroatoms. The van der Waals surface area contributed by atoms with Crippen molar-refractivity contribution in [3.63, 3.8) is 0 Å². The summed E-state index contributed by atoms with van der Waals surface area (Å²) in [5.74, 6) is 1.76. The monoisotopic (exact) mass is 191 g/mol. The highest BCUT2D eigenvalue weighted by atomic mass is 16.7. The van der Waals surface area contributed by atoms with Gasteiger partial charge in [0.25, 0.3) is 0 Å². The second-order valence-corrected chi connectivity index (χ2v) is 3.37. The lowest BCUT2D eigenvalue weighted by atomic mass is 10.0. The Bertz CT molecular complexity index is 331. The average Bonchev–Trinajstić information content (AvgIpc) is 2.64. The molecule has 0 fully saturated rings. The van der Waals surface area contributed by atoms with Crippen LogP contribution in [0.4, 0.5) is 0 Å². The molecule has 0 N–H and O–H groups in total. The van der Waals surface area contributed by atoms with Gasteiger partial charge in [-0.2, -0.15) is 0 Å². The van der Waals surface area contributed by atoms with Gasteiger partial charge in [-0.25, -0.2) is 0 Å².